The lowest BCUT2D eigenvalue weighted by molar-refractivity contribution is -0.150. The molecule has 1 aromatic carbocycles. The number of nitrogens with one attached hydrogen (secondary N) is 4. The third-order valence-electron chi connectivity index (χ3n) is 10.3. The lowest BCUT2D eigenvalue weighted by Gasteiger charge is -2.32. The lowest BCUT2D eigenvalue weighted by atomic mass is 9.99. The zero-order chi connectivity index (χ0) is 42.7. The van der Waals surface area contributed by atoms with Crippen LogP contribution in [0.2, 0.25) is 0 Å². The van der Waals surface area contributed by atoms with E-state index in [4.69, 9.17) is 5.73 Å². The molecule has 3 rings (SSSR count). The molecule has 17 heteroatoms. The monoisotopic (exact) mass is 801 g/mol. The van der Waals surface area contributed by atoms with Crippen LogP contribution in [0.15, 0.2) is 24.3 Å². The van der Waals surface area contributed by atoms with Gasteiger partial charge in [0.15, 0.2) is 0 Å². The number of hydrogen-bond acceptors (Lipinski definition) is 10. The van der Waals surface area contributed by atoms with Crippen LogP contribution in [0, 0.1) is 17.8 Å². The summed E-state index contributed by atoms with van der Waals surface area (Å²) in [5, 5.41) is 40.9. The highest BCUT2D eigenvalue weighted by molar-refractivity contribution is 5.97. The van der Waals surface area contributed by atoms with Gasteiger partial charge in [0.05, 0.1) is 12.1 Å². The van der Waals surface area contributed by atoms with E-state index in [0.717, 1.165) is 0 Å². The number of nitrogens with zero attached hydrogens (tertiary/aromatic N) is 2. The molecule has 8 atom stereocenters. The van der Waals surface area contributed by atoms with Crippen molar-refractivity contribution in [3.63, 3.8) is 0 Å². The molecule has 0 unspecified atom stereocenters. The molecular formula is C40H63N7O10. The first-order valence-electron chi connectivity index (χ1n) is 20.0. The number of nitrogens with two attached hydrogens (primary N) is 1. The molecular weight excluding hydrogens is 738 g/mol. The number of hydrogen-bond donors (Lipinski definition) is 8. The number of carbonyl (C=O) groups is 7. The van der Waals surface area contributed by atoms with Crippen molar-refractivity contribution in [1.29, 1.82) is 0 Å². The average molecular weight is 802 g/mol. The third kappa shape index (κ3) is 13.1. The Morgan fingerprint density at radius 1 is 0.702 bits per heavy atom. The molecule has 6 amide bonds. The smallest absolute Gasteiger partial charge is 0.326 e. The fraction of sp³-hybridized carbons (Fsp3) is 0.675. The summed E-state index contributed by atoms with van der Waals surface area (Å²) in [4.78, 5) is 96.7. The largest absolute Gasteiger partial charge is 0.508 e. The number of aromatic hydroxyl groups is 1. The molecule has 2 heterocycles. The fourth-order valence-corrected chi connectivity index (χ4v) is 7.34. The van der Waals surface area contributed by atoms with Crippen molar-refractivity contribution in [1.82, 2.24) is 31.1 Å². The molecule has 0 aliphatic carbocycles. The standard InChI is InChI=1S/C40H63N7O10/c1-21(2)18-27(41)34(50)44-32(23(5)6)36(52)45-33(24(7)48)37(53)43-29(20-25-12-14-26(49)15-13-25)39(55)46-16-8-10-30(46)35(51)42-28(19-22(3)4)38(54)47-17-9-11-31(47)40(56)57/h12-15,21-24,27-33,48-49H,8-11,16-20,41H2,1-7H3,(H,42,51)(H,43,53)(H,44,50)(H,45,52)(H,56,57)/t24-,27+,28+,29+,30+,31+,32+,33+/m1/s1. The topological polar surface area (TPSA) is 261 Å². The third-order valence-corrected chi connectivity index (χ3v) is 10.3. The molecule has 2 aliphatic rings. The van der Waals surface area contributed by atoms with Crippen molar-refractivity contribution >= 4 is 41.4 Å². The molecule has 2 aliphatic heterocycles. The van der Waals surface area contributed by atoms with E-state index in [-0.39, 0.29) is 49.9 Å². The van der Waals surface area contributed by atoms with Gasteiger partial charge in [-0.2, -0.15) is 0 Å². The second kappa shape index (κ2) is 21.1. The van der Waals surface area contributed by atoms with E-state index < -0.39 is 95.7 Å². The molecule has 0 radical (unpaired) electrons. The van der Waals surface area contributed by atoms with Crippen molar-refractivity contribution in [2.24, 2.45) is 23.5 Å². The van der Waals surface area contributed by atoms with Crippen molar-refractivity contribution in [2.75, 3.05) is 13.1 Å². The number of carboxylic acid groups (broad SMARTS) is 1. The van der Waals surface area contributed by atoms with Crippen molar-refractivity contribution in [3.05, 3.63) is 29.8 Å². The van der Waals surface area contributed by atoms with E-state index in [1.807, 2.05) is 27.7 Å². The number of benzene rings is 1. The number of carboxylic acids is 1. The normalized spacial score (nSPS) is 20.1. The molecule has 2 fully saturated rings. The van der Waals surface area contributed by atoms with E-state index in [2.05, 4.69) is 21.3 Å². The second-order valence-electron chi connectivity index (χ2n) is 16.5. The van der Waals surface area contributed by atoms with Crippen LogP contribution in [-0.2, 0) is 40.0 Å². The predicted octanol–water partition coefficient (Wildman–Crippen LogP) is 0.397. The molecule has 0 saturated carbocycles. The van der Waals surface area contributed by atoms with Crippen LogP contribution in [0.4, 0.5) is 0 Å². The van der Waals surface area contributed by atoms with E-state index in [1.165, 1.54) is 28.9 Å². The maximum Gasteiger partial charge on any atom is 0.326 e. The Bertz CT molecular complexity index is 1580. The molecule has 318 valence electrons. The Morgan fingerprint density at radius 3 is 1.74 bits per heavy atom. The number of phenolic OH excluding ortho intramolecular Hbond substituents is 1. The van der Waals surface area contributed by atoms with Crippen molar-refractivity contribution < 1.29 is 48.9 Å². The minimum Gasteiger partial charge on any atom is -0.508 e. The SMILES string of the molecule is CC(C)C[C@H](NC(=O)[C@@H]1CCCN1C(=O)[C@H](Cc1ccc(O)cc1)NC(=O)[C@@H](NC(=O)[C@@H](NC(=O)[C@@H](N)CC(C)C)C(C)C)[C@@H](C)O)C(=O)N1CCC[C@H]1C(=O)O. The fourth-order valence-electron chi connectivity index (χ4n) is 7.34. The highest BCUT2D eigenvalue weighted by Crippen LogP contribution is 2.24. The van der Waals surface area contributed by atoms with Crippen LogP contribution >= 0.6 is 0 Å². The minimum atomic E-state index is -1.56. The number of carbonyl (C=O) groups excluding carboxylic acids is 6. The van der Waals surface area contributed by atoms with E-state index in [1.54, 1.807) is 26.0 Å². The van der Waals surface area contributed by atoms with Gasteiger partial charge in [-0.25, -0.2) is 4.79 Å². The zero-order valence-electron chi connectivity index (χ0n) is 34.2. The van der Waals surface area contributed by atoms with Crippen molar-refractivity contribution in [2.45, 2.75) is 142 Å². The molecule has 57 heavy (non-hydrogen) atoms. The van der Waals surface area contributed by atoms with Crippen LogP contribution < -0.4 is 27.0 Å². The summed E-state index contributed by atoms with van der Waals surface area (Å²) in [5.41, 5.74) is 6.58. The zero-order valence-corrected chi connectivity index (χ0v) is 34.2. The van der Waals surface area contributed by atoms with Gasteiger partial charge in [-0.3, -0.25) is 28.8 Å². The quantitative estimate of drug-likeness (QED) is 0.0950. The van der Waals surface area contributed by atoms with Gasteiger partial charge in [-0.05, 0) is 80.9 Å². The van der Waals surface area contributed by atoms with Gasteiger partial charge in [0, 0.05) is 19.5 Å². The molecule has 0 bridgehead atoms. The van der Waals surface area contributed by atoms with Gasteiger partial charge in [-0.15, -0.1) is 0 Å². The van der Waals surface area contributed by atoms with Crippen LogP contribution in [-0.4, -0.2) is 128 Å². The van der Waals surface area contributed by atoms with Gasteiger partial charge >= 0.3 is 5.97 Å². The Hall–Kier alpha value is -4.77. The van der Waals surface area contributed by atoms with Gasteiger partial charge in [-0.1, -0.05) is 53.7 Å². The number of rotatable bonds is 19. The maximum atomic E-state index is 14.4. The van der Waals surface area contributed by atoms with Gasteiger partial charge < -0.3 is 52.1 Å². The number of amides is 6. The summed E-state index contributed by atoms with van der Waals surface area (Å²) < 4.78 is 0. The molecule has 1 aromatic rings. The number of aliphatic carboxylic acids is 1. The number of likely N-dealkylation sites (tertiary alicyclic amines) is 2. The highest BCUT2D eigenvalue weighted by atomic mass is 16.4. The predicted molar refractivity (Wildman–Crippen MR) is 210 cm³/mol. The summed E-state index contributed by atoms with van der Waals surface area (Å²) in [6.07, 6.45) is 0.625. The van der Waals surface area contributed by atoms with E-state index in [9.17, 15) is 48.9 Å². The Kier molecular flexibility index (Phi) is 17.3. The highest BCUT2D eigenvalue weighted by Gasteiger charge is 2.42. The molecule has 0 aromatic heterocycles. The van der Waals surface area contributed by atoms with Crippen molar-refractivity contribution in [3.8, 4) is 5.75 Å². The molecule has 9 N–H and O–H groups in total. The summed E-state index contributed by atoms with van der Waals surface area (Å²) in [5.74, 6) is -5.39. The molecule has 17 nitrogen and oxygen atoms in total. The van der Waals surface area contributed by atoms with E-state index >= 15 is 0 Å². The second-order valence-corrected chi connectivity index (χ2v) is 16.5. The summed E-state index contributed by atoms with van der Waals surface area (Å²) >= 11 is 0. The first-order valence-corrected chi connectivity index (χ1v) is 20.0. The summed E-state index contributed by atoms with van der Waals surface area (Å²) in [6.45, 7) is 12.7. The Morgan fingerprint density at radius 2 is 1.21 bits per heavy atom. The lowest BCUT2D eigenvalue weighted by Crippen LogP contribution is -2.62. The maximum absolute atomic E-state index is 14.4. The summed E-state index contributed by atoms with van der Waals surface area (Å²) in [6, 6.07) is -1.91. The summed E-state index contributed by atoms with van der Waals surface area (Å²) in [7, 11) is 0. The first kappa shape index (κ1) is 46.6. The van der Waals surface area contributed by atoms with Gasteiger partial charge in [0.2, 0.25) is 35.4 Å². The number of aliphatic hydroxyl groups excluding tert-OH is 1. The average Bonchev–Trinajstić information content (AvgIpc) is 3.83. The minimum absolute atomic E-state index is 0.0233. The number of aliphatic hydroxyl groups is 1. The van der Waals surface area contributed by atoms with Crippen LogP contribution in [0.3, 0.4) is 0 Å². The van der Waals surface area contributed by atoms with Crippen LogP contribution in [0.1, 0.15) is 92.6 Å². The van der Waals surface area contributed by atoms with Crippen LogP contribution in [0.25, 0.3) is 0 Å². The van der Waals surface area contributed by atoms with Crippen LogP contribution in [0.5, 0.6) is 5.75 Å². The molecule has 2 saturated heterocycles. The van der Waals surface area contributed by atoms with Gasteiger partial charge in [0.1, 0.15) is 42.0 Å². The van der Waals surface area contributed by atoms with Gasteiger partial charge in [0.25, 0.3) is 0 Å². The van der Waals surface area contributed by atoms with E-state index in [0.29, 0.717) is 31.2 Å². The Balaban J connectivity index is 1.85. The first-order chi connectivity index (χ1) is 26.7. The number of phenols is 1. The Labute approximate surface area is 334 Å². The molecule has 0 spiro atoms.